The number of nitrogens with zero attached hydrogens (tertiary/aromatic N) is 2. The molecule has 0 aliphatic carbocycles. The molecule has 2 amide bonds. The molecule has 0 bridgehead atoms. The summed E-state index contributed by atoms with van der Waals surface area (Å²) in [5, 5.41) is 2.99. The first-order valence-electron chi connectivity index (χ1n) is 9.17. The predicted molar refractivity (Wildman–Crippen MR) is 108 cm³/mol. The third-order valence-corrected chi connectivity index (χ3v) is 5.18. The normalized spacial score (nSPS) is 15.2. The molecule has 6 heteroatoms. The lowest BCUT2D eigenvalue weighted by molar-refractivity contribution is 0.189. The van der Waals surface area contributed by atoms with E-state index in [4.69, 9.17) is 9.47 Å². The third-order valence-electron chi connectivity index (χ3n) is 5.18. The van der Waals surface area contributed by atoms with Gasteiger partial charge in [-0.25, -0.2) is 4.79 Å². The second-order valence-electron chi connectivity index (χ2n) is 6.73. The Hall–Kier alpha value is -3.41. The van der Waals surface area contributed by atoms with Gasteiger partial charge < -0.3 is 24.3 Å². The first-order chi connectivity index (χ1) is 13.6. The number of hydrogen-bond acceptors (Lipinski definition) is 3. The van der Waals surface area contributed by atoms with E-state index < -0.39 is 0 Å². The summed E-state index contributed by atoms with van der Waals surface area (Å²) >= 11 is 0. The molecule has 144 valence electrons. The Morgan fingerprint density at radius 2 is 1.89 bits per heavy atom. The van der Waals surface area contributed by atoms with Gasteiger partial charge in [0.2, 0.25) is 0 Å². The smallest absolute Gasteiger partial charge is 0.322 e. The van der Waals surface area contributed by atoms with Gasteiger partial charge in [0.1, 0.15) is 11.5 Å². The average molecular weight is 377 g/mol. The van der Waals surface area contributed by atoms with Crippen molar-refractivity contribution in [2.75, 3.05) is 19.5 Å². The summed E-state index contributed by atoms with van der Waals surface area (Å²) in [5.74, 6) is 1.24. The molecule has 0 fully saturated rings. The van der Waals surface area contributed by atoms with Crippen LogP contribution in [0, 0.1) is 0 Å². The van der Waals surface area contributed by atoms with Gasteiger partial charge in [-0.3, -0.25) is 0 Å². The highest BCUT2D eigenvalue weighted by Crippen LogP contribution is 2.34. The molecule has 6 nitrogen and oxygen atoms in total. The molecule has 0 unspecified atom stereocenters. The summed E-state index contributed by atoms with van der Waals surface area (Å²) in [6.45, 7) is 2.55. The average Bonchev–Trinajstić information content (AvgIpc) is 3.17. The Balaban J connectivity index is 1.69. The van der Waals surface area contributed by atoms with Gasteiger partial charge in [0.25, 0.3) is 0 Å². The summed E-state index contributed by atoms with van der Waals surface area (Å²) in [5.41, 5.74) is 3.84. The van der Waals surface area contributed by atoms with Gasteiger partial charge in [-0.2, -0.15) is 0 Å². The third kappa shape index (κ3) is 3.07. The van der Waals surface area contributed by atoms with Crippen molar-refractivity contribution >= 4 is 11.7 Å². The summed E-state index contributed by atoms with van der Waals surface area (Å²) in [4.78, 5) is 15.1. The number of fused-ring (bicyclic) bond motifs is 3. The Kier molecular flexibility index (Phi) is 4.69. The second-order valence-corrected chi connectivity index (χ2v) is 6.73. The number of nitrogens with one attached hydrogen (secondary N) is 1. The second kappa shape index (κ2) is 7.31. The number of rotatable bonds is 3. The Bertz CT molecular complexity index is 1010. The minimum atomic E-state index is -0.191. The van der Waals surface area contributed by atoms with Gasteiger partial charge in [0, 0.05) is 18.0 Å². The standard InChI is InChI=1S/C22H23N3O3/c1-15-19-9-6-12-24(19)20-8-5-4-7-16(20)14-25(15)22(26)23-18-13-17(27-2)10-11-21(18)28-3/h4-13,15H,14H2,1-3H3,(H,23,26)/t15-/m1/s1. The fourth-order valence-electron chi connectivity index (χ4n) is 3.66. The van der Waals surface area contributed by atoms with Gasteiger partial charge in [-0.05, 0) is 42.8 Å². The number of hydrogen-bond donors (Lipinski definition) is 1. The van der Waals surface area contributed by atoms with E-state index in [0.29, 0.717) is 23.7 Å². The van der Waals surface area contributed by atoms with E-state index in [-0.39, 0.29) is 12.1 Å². The van der Waals surface area contributed by atoms with Crippen molar-refractivity contribution < 1.29 is 14.3 Å². The molecule has 3 aromatic rings. The zero-order chi connectivity index (χ0) is 19.7. The van der Waals surface area contributed by atoms with Crippen LogP contribution in [0.4, 0.5) is 10.5 Å². The lowest BCUT2D eigenvalue weighted by atomic mass is 10.1. The maximum atomic E-state index is 13.2. The van der Waals surface area contributed by atoms with Gasteiger partial charge in [0.15, 0.2) is 0 Å². The zero-order valence-electron chi connectivity index (χ0n) is 16.2. The van der Waals surface area contributed by atoms with Gasteiger partial charge >= 0.3 is 6.03 Å². The van der Waals surface area contributed by atoms with Crippen LogP contribution >= 0.6 is 0 Å². The molecule has 1 aromatic heterocycles. The molecule has 28 heavy (non-hydrogen) atoms. The molecule has 2 aromatic carbocycles. The van der Waals surface area contributed by atoms with E-state index in [0.717, 1.165) is 16.9 Å². The predicted octanol–water partition coefficient (Wildman–Crippen LogP) is 4.60. The number of anilines is 1. The molecule has 4 rings (SSSR count). The van der Waals surface area contributed by atoms with Crippen LogP contribution in [-0.4, -0.2) is 29.7 Å². The molecule has 0 saturated heterocycles. The molecule has 1 aliphatic heterocycles. The molecule has 1 N–H and O–H groups in total. The van der Waals surface area contributed by atoms with Crippen LogP contribution in [0.3, 0.4) is 0 Å². The topological polar surface area (TPSA) is 55.7 Å². The summed E-state index contributed by atoms with van der Waals surface area (Å²) in [6.07, 6.45) is 2.04. The number of carbonyl (C=O) groups excluding carboxylic acids is 1. The van der Waals surface area contributed by atoms with Crippen LogP contribution < -0.4 is 14.8 Å². The van der Waals surface area contributed by atoms with Crippen LogP contribution in [0.15, 0.2) is 60.8 Å². The van der Waals surface area contributed by atoms with Crippen LogP contribution in [0.5, 0.6) is 11.5 Å². The Morgan fingerprint density at radius 3 is 2.68 bits per heavy atom. The number of methoxy groups -OCH3 is 2. The van der Waals surface area contributed by atoms with E-state index in [1.54, 1.807) is 32.4 Å². The number of ether oxygens (including phenoxy) is 2. The number of urea groups is 1. The Labute approximate surface area is 164 Å². The van der Waals surface area contributed by atoms with Crippen molar-refractivity contribution in [2.24, 2.45) is 0 Å². The molecule has 1 aliphatic rings. The van der Waals surface area contributed by atoms with Crippen LogP contribution in [0.2, 0.25) is 0 Å². The minimum absolute atomic E-state index is 0.0981. The van der Waals surface area contributed by atoms with E-state index >= 15 is 0 Å². The van der Waals surface area contributed by atoms with Crippen molar-refractivity contribution in [3.05, 3.63) is 72.1 Å². The largest absolute Gasteiger partial charge is 0.497 e. The highest BCUT2D eigenvalue weighted by atomic mass is 16.5. The molecule has 0 spiro atoms. The number of amides is 2. The Morgan fingerprint density at radius 1 is 1.07 bits per heavy atom. The van der Waals surface area contributed by atoms with E-state index in [2.05, 4.69) is 28.1 Å². The van der Waals surface area contributed by atoms with Crippen molar-refractivity contribution in [3.63, 3.8) is 0 Å². The van der Waals surface area contributed by atoms with E-state index in [1.165, 1.54) is 0 Å². The fraction of sp³-hybridized carbons (Fsp3) is 0.227. The van der Waals surface area contributed by atoms with Gasteiger partial charge in [-0.15, -0.1) is 0 Å². The molecule has 1 atom stereocenters. The lowest BCUT2D eigenvalue weighted by Crippen LogP contribution is -2.36. The summed E-state index contributed by atoms with van der Waals surface area (Å²) in [6, 6.07) is 17.3. The number of aromatic nitrogens is 1. The van der Waals surface area contributed by atoms with Crippen molar-refractivity contribution in [3.8, 4) is 17.2 Å². The summed E-state index contributed by atoms with van der Waals surface area (Å²) in [7, 11) is 3.17. The van der Waals surface area contributed by atoms with Crippen LogP contribution in [-0.2, 0) is 6.54 Å². The SMILES string of the molecule is COc1ccc(OC)c(NC(=O)N2Cc3ccccc3-n3cccc3[C@H]2C)c1. The van der Waals surface area contributed by atoms with Crippen molar-refractivity contribution in [1.29, 1.82) is 0 Å². The van der Waals surface area contributed by atoms with Crippen LogP contribution in [0.25, 0.3) is 5.69 Å². The highest BCUT2D eigenvalue weighted by Gasteiger charge is 2.29. The van der Waals surface area contributed by atoms with Crippen LogP contribution in [0.1, 0.15) is 24.2 Å². The molecule has 0 radical (unpaired) electrons. The minimum Gasteiger partial charge on any atom is -0.497 e. The molecule has 0 saturated carbocycles. The summed E-state index contributed by atoms with van der Waals surface area (Å²) < 4.78 is 12.8. The molecular formula is C22H23N3O3. The highest BCUT2D eigenvalue weighted by molar-refractivity contribution is 5.91. The first-order valence-corrected chi connectivity index (χ1v) is 9.17. The first kappa shape index (κ1) is 18.0. The number of carbonyl (C=O) groups is 1. The van der Waals surface area contributed by atoms with Gasteiger partial charge in [-0.1, -0.05) is 18.2 Å². The lowest BCUT2D eigenvalue weighted by Gasteiger charge is -2.28. The van der Waals surface area contributed by atoms with Crippen molar-refractivity contribution in [2.45, 2.75) is 19.5 Å². The number of para-hydroxylation sites is 1. The molecular weight excluding hydrogens is 354 g/mol. The monoisotopic (exact) mass is 377 g/mol. The van der Waals surface area contributed by atoms with Gasteiger partial charge in [0.05, 0.1) is 38.2 Å². The zero-order valence-corrected chi connectivity index (χ0v) is 16.2. The number of benzene rings is 2. The van der Waals surface area contributed by atoms with E-state index in [9.17, 15) is 4.79 Å². The van der Waals surface area contributed by atoms with E-state index in [1.807, 2.05) is 36.2 Å². The maximum absolute atomic E-state index is 13.2. The molecule has 2 heterocycles. The van der Waals surface area contributed by atoms with Crippen molar-refractivity contribution in [1.82, 2.24) is 9.47 Å². The fourth-order valence-corrected chi connectivity index (χ4v) is 3.66. The maximum Gasteiger partial charge on any atom is 0.322 e. The quantitative estimate of drug-likeness (QED) is 0.726.